The van der Waals surface area contributed by atoms with Crippen LogP contribution in [0.25, 0.3) is 0 Å². The molecule has 0 fully saturated rings. The molecule has 0 radical (unpaired) electrons. The van der Waals surface area contributed by atoms with Crippen LogP contribution in [0, 0.1) is 5.92 Å². The lowest BCUT2D eigenvalue weighted by Crippen LogP contribution is -2.50. The zero-order valence-electron chi connectivity index (χ0n) is 16.6. The van der Waals surface area contributed by atoms with Gasteiger partial charge in [-0.2, -0.15) is 0 Å². The Bertz CT molecular complexity index is 642. The molecule has 2 rings (SSSR count). The molecule has 0 saturated carbocycles. The quantitative estimate of drug-likeness (QED) is 0.654. The van der Waals surface area contributed by atoms with Crippen molar-refractivity contribution in [3.8, 4) is 0 Å². The predicted octanol–water partition coefficient (Wildman–Crippen LogP) is 4.51. The highest BCUT2D eigenvalue weighted by atomic mass is 16.5. The molecule has 0 aromatic heterocycles. The van der Waals surface area contributed by atoms with Crippen molar-refractivity contribution in [2.45, 2.75) is 38.7 Å². The van der Waals surface area contributed by atoms with E-state index in [9.17, 15) is 4.79 Å². The minimum atomic E-state index is -0.410. The second-order valence-corrected chi connectivity index (χ2v) is 7.27. The van der Waals surface area contributed by atoms with E-state index in [4.69, 9.17) is 4.74 Å². The topological polar surface area (TPSA) is 29.5 Å². The van der Waals surface area contributed by atoms with Gasteiger partial charge in [0.05, 0.1) is 5.41 Å². The van der Waals surface area contributed by atoms with Gasteiger partial charge >= 0.3 is 5.97 Å². The fourth-order valence-corrected chi connectivity index (χ4v) is 4.24. The summed E-state index contributed by atoms with van der Waals surface area (Å²) in [4.78, 5) is 14.1. The van der Waals surface area contributed by atoms with E-state index in [1.54, 1.807) is 0 Å². The monoisotopic (exact) mass is 353 g/mol. The first-order chi connectivity index (χ1) is 12.4. The SMILES string of the molecule is CC[C@@H](OC(C)=O)C(c1ccccc1)(c1ccccc1)[C@@H](C)CN(C)C. The molecule has 0 aliphatic heterocycles. The summed E-state index contributed by atoms with van der Waals surface area (Å²) in [5.41, 5.74) is 1.97. The second kappa shape index (κ2) is 9.00. The van der Waals surface area contributed by atoms with Gasteiger partial charge in [0.1, 0.15) is 6.10 Å². The molecule has 2 aromatic rings. The van der Waals surface area contributed by atoms with E-state index < -0.39 is 5.41 Å². The minimum Gasteiger partial charge on any atom is -0.461 e. The number of carbonyl (C=O) groups is 1. The Balaban J connectivity index is 2.76. The number of nitrogens with zero attached hydrogens (tertiary/aromatic N) is 1. The third kappa shape index (κ3) is 4.16. The zero-order valence-corrected chi connectivity index (χ0v) is 16.6. The standard InChI is InChI=1S/C23H31NO2/c1-6-22(26-19(3)25)23(18(2)17-24(4)5,20-13-9-7-10-14-20)21-15-11-8-12-16-21/h7-16,18,22H,6,17H2,1-5H3/t18-,22+/m0/s1. The molecule has 26 heavy (non-hydrogen) atoms. The normalized spacial score (nSPS) is 14.1. The molecule has 0 bridgehead atoms. The van der Waals surface area contributed by atoms with Gasteiger partial charge in [-0.25, -0.2) is 0 Å². The Kier molecular flexibility index (Phi) is 6.98. The first-order valence-electron chi connectivity index (χ1n) is 9.35. The summed E-state index contributed by atoms with van der Waals surface area (Å²) in [7, 11) is 4.17. The van der Waals surface area contributed by atoms with Crippen LogP contribution >= 0.6 is 0 Å². The van der Waals surface area contributed by atoms with Crippen molar-refractivity contribution < 1.29 is 9.53 Å². The Morgan fingerprint density at radius 2 is 1.46 bits per heavy atom. The molecule has 140 valence electrons. The second-order valence-electron chi connectivity index (χ2n) is 7.27. The fourth-order valence-electron chi connectivity index (χ4n) is 4.24. The lowest BCUT2D eigenvalue weighted by Gasteiger charge is -2.46. The predicted molar refractivity (Wildman–Crippen MR) is 107 cm³/mol. The van der Waals surface area contributed by atoms with Gasteiger partial charge in [0.2, 0.25) is 0 Å². The van der Waals surface area contributed by atoms with Crippen molar-refractivity contribution in [3.05, 3.63) is 71.8 Å². The maximum atomic E-state index is 11.9. The molecule has 0 spiro atoms. The van der Waals surface area contributed by atoms with Gasteiger partial charge in [0.25, 0.3) is 0 Å². The number of benzene rings is 2. The zero-order chi connectivity index (χ0) is 19.2. The van der Waals surface area contributed by atoms with Gasteiger partial charge in [-0.05, 0) is 37.6 Å². The van der Waals surface area contributed by atoms with Gasteiger partial charge in [0, 0.05) is 13.5 Å². The average molecular weight is 354 g/mol. The van der Waals surface area contributed by atoms with Crippen LogP contribution < -0.4 is 0 Å². The van der Waals surface area contributed by atoms with E-state index >= 15 is 0 Å². The molecule has 3 nitrogen and oxygen atoms in total. The van der Waals surface area contributed by atoms with Crippen molar-refractivity contribution in [2.75, 3.05) is 20.6 Å². The summed E-state index contributed by atoms with van der Waals surface area (Å²) in [5.74, 6) is 0.0109. The molecule has 0 N–H and O–H groups in total. The van der Waals surface area contributed by atoms with E-state index in [0.29, 0.717) is 0 Å². The summed E-state index contributed by atoms with van der Waals surface area (Å²) in [6, 6.07) is 21.0. The average Bonchev–Trinajstić information content (AvgIpc) is 2.62. The molecule has 0 heterocycles. The van der Waals surface area contributed by atoms with Crippen LogP contribution in [-0.2, 0) is 14.9 Å². The maximum absolute atomic E-state index is 11.9. The first-order valence-corrected chi connectivity index (χ1v) is 9.35. The number of ether oxygens (including phenoxy) is 1. The first kappa shape index (κ1) is 20.2. The lowest BCUT2D eigenvalue weighted by atomic mass is 9.62. The van der Waals surface area contributed by atoms with Crippen molar-refractivity contribution in [2.24, 2.45) is 5.92 Å². The van der Waals surface area contributed by atoms with Crippen molar-refractivity contribution in [1.82, 2.24) is 4.90 Å². The van der Waals surface area contributed by atoms with Gasteiger partial charge in [-0.1, -0.05) is 74.5 Å². The van der Waals surface area contributed by atoms with Crippen LogP contribution in [0.5, 0.6) is 0 Å². The van der Waals surface area contributed by atoms with Crippen molar-refractivity contribution in [1.29, 1.82) is 0 Å². The maximum Gasteiger partial charge on any atom is 0.302 e. The minimum absolute atomic E-state index is 0.231. The van der Waals surface area contributed by atoms with Crippen LogP contribution in [0.3, 0.4) is 0 Å². The van der Waals surface area contributed by atoms with Crippen LogP contribution in [0.1, 0.15) is 38.3 Å². The smallest absolute Gasteiger partial charge is 0.302 e. The molecule has 2 atom stereocenters. The number of rotatable bonds is 8. The van der Waals surface area contributed by atoms with Crippen LogP contribution in [0.4, 0.5) is 0 Å². The summed E-state index contributed by atoms with van der Waals surface area (Å²) >= 11 is 0. The van der Waals surface area contributed by atoms with Gasteiger partial charge < -0.3 is 9.64 Å². The molecule has 0 saturated heterocycles. The molecule has 0 aliphatic rings. The Morgan fingerprint density at radius 1 is 1.00 bits per heavy atom. The molecular weight excluding hydrogens is 322 g/mol. The van der Waals surface area contributed by atoms with Gasteiger partial charge in [-0.3, -0.25) is 4.79 Å². The van der Waals surface area contributed by atoms with E-state index in [-0.39, 0.29) is 18.0 Å². The molecule has 0 aliphatic carbocycles. The van der Waals surface area contributed by atoms with Crippen molar-refractivity contribution in [3.63, 3.8) is 0 Å². The largest absolute Gasteiger partial charge is 0.461 e. The van der Waals surface area contributed by atoms with Crippen molar-refractivity contribution >= 4 is 5.97 Å². The highest BCUT2D eigenvalue weighted by Crippen LogP contribution is 2.45. The number of hydrogen-bond acceptors (Lipinski definition) is 3. The number of hydrogen-bond donors (Lipinski definition) is 0. The van der Waals surface area contributed by atoms with E-state index in [2.05, 4.69) is 81.4 Å². The Hall–Kier alpha value is -2.13. The fraction of sp³-hybridized carbons (Fsp3) is 0.435. The van der Waals surface area contributed by atoms with Crippen LogP contribution in [-0.4, -0.2) is 37.6 Å². The van der Waals surface area contributed by atoms with Crippen LogP contribution in [0.15, 0.2) is 60.7 Å². The highest BCUT2D eigenvalue weighted by molar-refractivity contribution is 5.66. The van der Waals surface area contributed by atoms with Gasteiger partial charge in [-0.15, -0.1) is 0 Å². The highest BCUT2D eigenvalue weighted by Gasteiger charge is 2.47. The van der Waals surface area contributed by atoms with E-state index in [0.717, 1.165) is 13.0 Å². The third-order valence-electron chi connectivity index (χ3n) is 5.11. The van der Waals surface area contributed by atoms with Crippen LogP contribution in [0.2, 0.25) is 0 Å². The third-order valence-corrected chi connectivity index (χ3v) is 5.11. The molecular formula is C23H31NO2. The number of carbonyl (C=O) groups excluding carboxylic acids is 1. The molecule has 0 unspecified atom stereocenters. The molecule has 2 aromatic carbocycles. The van der Waals surface area contributed by atoms with E-state index in [1.807, 2.05) is 12.1 Å². The Morgan fingerprint density at radius 3 is 1.81 bits per heavy atom. The molecule has 0 amide bonds. The van der Waals surface area contributed by atoms with E-state index in [1.165, 1.54) is 18.1 Å². The Labute approximate surface area is 158 Å². The summed E-state index contributed by atoms with van der Waals surface area (Å²) < 4.78 is 5.92. The summed E-state index contributed by atoms with van der Waals surface area (Å²) in [5, 5.41) is 0. The summed E-state index contributed by atoms with van der Waals surface area (Å²) in [6.45, 7) is 6.74. The number of esters is 1. The summed E-state index contributed by atoms with van der Waals surface area (Å²) in [6.07, 6.45) is 0.515. The lowest BCUT2D eigenvalue weighted by molar-refractivity contribution is -0.150. The van der Waals surface area contributed by atoms with Gasteiger partial charge in [0.15, 0.2) is 0 Å². The molecule has 3 heteroatoms.